The number of carboxylic acid groups (broad SMARTS) is 1. The molecule has 0 spiro atoms. The number of carboxylic acids is 1. The Labute approximate surface area is 87.1 Å². The first-order chi connectivity index (χ1) is 7.09. The molecule has 0 saturated carbocycles. The van der Waals surface area contributed by atoms with Gasteiger partial charge in [-0.1, -0.05) is 13.8 Å². The summed E-state index contributed by atoms with van der Waals surface area (Å²) in [5.41, 5.74) is 0.702. The average molecular weight is 208 g/mol. The minimum absolute atomic E-state index is 0.0844. The van der Waals surface area contributed by atoms with Crippen LogP contribution in [0.25, 0.3) is 0 Å². The number of aromatic nitrogens is 2. The predicted molar refractivity (Wildman–Crippen MR) is 52.3 cm³/mol. The molecule has 0 atom stereocenters. The van der Waals surface area contributed by atoms with E-state index in [1.54, 1.807) is 0 Å². The molecule has 1 N–H and O–H groups in total. The molecule has 0 amide bonds. The van der Waals surface area contributed by atoms with E-state index < -0.39 is 5.97 Å². The number of carbonyl (C=O) groups is 1. The molecule has 1 aliphatic heterocycles. The molecule has 0 fully saturated rings. The van der Waals surface area contributed by atoms with Gasteiger partial charge in [0.25, 0.3) is 0 Å². The maximum absolute atomic E-state index is 11.0. The first-order valence-corrected chi connectivity index (χ1v) is 4.86. The van der Waals surface area contributed by atoms with Crippen molar-refractivity contribution in [2.45, 2.75) is 26.2 Å². The van der Waals surface area contributed by atoms with E-state index in [-0.39, 0.29) is 11.6 Å². The van der Waals surface area contributed by atoms with Gasteiger partial charge in [-0.25, -0.2) is 9.78 Å². The maximum atomic E-state index is 11.0. The van der Waals surface area contributed by atoms with Gasteiger partial charge in [-0.05, 0) is 0 Å². The zero-order valence-corrected chi connectivity index (χ0v) is 8.65. The van der Waals surface area contributed by atoms with Crippen molar-refractivity contribution in [2.24, 2.45) is 0 Å². The zero-order chi connectivity index (χ0) is 11.0. The lowest BCUT2D eigenvalue weighted by Crippen LogP contribution is -2.09. The monoisotopic (exact) mass is 208 g/mol. The predicted octanol–water partition coefficient (Wildman–Crippen LogP) is 1.23. The summed E-state index contributed by atoms with van der Waals surface area (Å²) in [5.74, 6) is 0.0396. The summed E-state index contributed by atoms with van der Waals surface area (Å²) in [6, 6.07) is 0. The second kappa shape index (κ2) is 3.49. The summed E-state index contributed by atoms with van der Waals surface area (Å²) in [4.78, 5) is 19.2. The smallest absolute Gasteiger partial charge is 0.355 e. The SMILES string of the molecule is CC(C)c1nc2c(c(C(=O)O)n1)CCO2. The van der Waals surface area contributed by atoms with Crippen LogP contribution in [0.4, 0.5) is 0 Å². The summed E-state index contributed by atoms with van der Waals surface area (Å²) in [7, 11) is 0. The van der Waals surface area contributed by atoms with Gasteiger partial charge in [0.05, 0.1) is 12.2 Å². The van der Waals surface area contributed by atoms with Crippen molar-refractivity contribution in [3.63, 3.8) is 0 Å². The fraction of sp³-hybridized carbons (Fsp3) is 0.500. The summed E-state index contributed by atoms with van der Waals surface area (Å²) >= 11 is 0. The van der Waals surface area contributed by atoms with Gasteiger partial charge in [0.2, 0.25) is 5.88 Å². The van der Waals surface area contributed by atoms with E-state index in [1.165, 1.54) is 0 Å². The first-order valence-electron chi connectivity index (χ1n) is 4.86. The number of nitrogens with zero attached hydrogens (tertiary/aromatic N) is 2. The van der Waals surface area contributed by atoms with Gasteiger partial charge in [-0.15, -0.1) is 0 Å². The van der Waals surface area contributed by atoms with Gasteiger partial charge in [0.1, 0.15) is 5.82 Å². The van der Waals surface area contributed by atoms with Crippen molar-refractivity contribution in [2.75, 3.05) is 6.61 Å². The Morgan fingerprint density at radius 3 is 2.80 bits per heavy atom. The highest BCUT2D eigenvalue weighted by Crippen LogP contribution is 2.27. The van der Waals surface area contributed by atoms with Crippen molar-refractivity contribution < 1.29 is 14.6 Å². The van der Waals surface area contributed by atoms with Crippen LogP contribution < -0.4 is 4.74 Å². The Balaban J connectivity index is 2.57. The van der Waals surface area contributed by atoms with Crippen LogP contribution in [0.15, 0.2) is 0 Å². The molecule has 0 aliphatic carbocycles. The van der Waals surface area contributed by atoms with Crippen molar-refractivity contribution in [3.05, 3.63) is 17.1 Å². The van der Waals surface area contributed by atoms with Crippen LogP contribution in [0.3, 0.4) is 0 Å². The Bertz CT molecular complexity index is 415. The van der Waals surface area contributed by atoms with Gasteiger partial charge in [0.15, 0.2) is 5.69 Å². The van der Waals surface area contributed by atoms with E-state index in [1.807, 2.05) is 13.8 Å². The van der Waals surface area contributed by atoms with Gasteiger partial charge in [-0.3, -0.25) is 0 Å². The Kier molecular flexibility index (Phi) is 2.30. The summed E-state index contributed by atoms with van der Waals surface area (Å²) in [5, 5.41) is 9.01. The number of hydrogen-bond acceptors (Lipinski definition) is 4. The van der Waals surface area contributed by atoms with Crippen molar-refractivity contribution in [1.82, 2.24) is 9.97 Å². The van der Waals surface area contributed by atoms with Crippen molar-refractivity contribution in [3.8, 4) is 5.88 Å². The molecule has 5 nitrogen and oxygen atoms in total. The fourth-order valence-electron chi connectivity index (χ4n) is 1.51. The largest absolute Gasteiger partial charge is 0.477 e. The van der Waals surface area contributed by atoms with Crippen LogP contribution in [0.1, 0.15) is 41.6 Å². The number of rotatable bonds is 2. The van der Waals surface area contributed by atoms with E-state index in [2.05, 4.69) is 9.97 Å². The molecule has 2 rings (SSSR count). The third kappa shape index (κ3) is 1.65. The van der Waals surface area contributed by atoms with Gasteiger partial charge >= 0.3 is 5.97 Å². The van der Waals surface area contributed by atoms with E-state index >= 15 is 0 Å². The maximum Gasteiger partial charge on any atom is 0.355 e. The first kappa shape index (κ1) is 9.89. The minimum Gasteiger partial charge on any atom is -0.477 e. The zero-order valence-electron chi connectivity index (χ0n) is 8.65. The number of ether oxygens (including phenoxy) is 1. The second-order valence-electron chi connectivity index (χ2n) is 3.77. The summed E-state index contributed by atoms with van der Waals surface area (Å²) in [6.07, 6.45) is 0.579. The van der Waals surface area contributed by atoms with E-state index in [9.17, 15) is 4.79 Å². The Morgan fingerprint density at radius 1 is 1.47 bits per heavy atom. The van der Waals surface area contributed by atoms with Crippen LogP contribution in [0.2, 0.25) is 0 Å². The molecule has 1 aromatic heterocycles. The highest BCUT2D eigenvalue weighted by Gasteiger charge is 2.25. The molecule has 0 bridgehead atoms. The van der Waals surface area contributed by atoms with Crippen molar-refractivity contribution in [1.29, 1.82) is 0 Å². The molecule has 80 valence electrons. The lowest BCUT2D eigenvalue weighted by molar-refractivity contribution is 0.0688. The Morgan fingerprint density at radius 2 is 2.20 bits per heavy atom. The normalized spacial score (nSPS) is 13.8. The molecule has 1 aliphatic rings. The third-order valence-electron chi connectivity index (χ3n) is 2.30. The molecule has 2 heterocycles. The summed E-state index contributed by atoms with van der Waals surface area (Å²) in [6.45, 7) is 4.33. The molecule has 5 heteroatoms. The second-order valence-corrected chi connectivity index (χ2v) is 3.77. The molecule has 0 saturated heterocycles. The van der Waals surface area contributed by atoms with Crippen LogP contribution in [0, 0.1) is 0 Å². The third-order valence-corrected chi connectivity index (χ3v) is 2.30. The molecule has 15 heavy (non-hydrogen) atoms. The van der Waals surface area contributed by atoms with Crippen LogP contribution >= 0.6 is 0 Å². The quantitative estimate of drug-likeness (QED) is 0.791. The van der Waals surface area contributed by atoms with Crippen LogP contribution in [0.5, 0.6) is 5.88 Å². The summed E-state index contributed by atoms with van der Waals surface area (Å²) < 4.78 is 5.27. The van der Waals surface area contributed by atoms with Gasteiger partial charge in [-0.2, -0.15) is 4.98 Å². The van der Waals surface area contributed by atoms with E-state index in [4.69, 9.17) is 9.84 Å². The highest BCUT2D eigenvalue weighted by atomic mass is 16.5. The average Bonchev–Trinajstić information content (AvgIpc) is 2.62. The molecule has 1 aromatic rings. The minimum atomic E-state index is -1.01. The van der Waals surface area contributed by atoms with Crippen molar-refractivity contribution >= 4 is 5.97 Å². The fourth-order valence-corrected chi connectivity index (χ4v) is 1.51. The van der Waals surface area contributed by atoms with E-state index in [0.717, 1.165) is 0 Å². The van der Waals surface area contributed by atoms with Crippen LogP contribution in [-0.4, -0.2) is 27.7 Å². The lowest BCUT2D eigenvalue weighted by atomic mass is 10.1. The Hall–Kier alpha value is -1.65. The number of aromatic carboxylic acids is 1. The molecule has 0 unspecified atom stereocenters. The molecular weight excluding hydrogens is 196 g/mol. The van der Waals surface area contributed by atoms with Gasteiger partial charge in [0, 0.05) is 12.3 Å². The molecular formula is C10H12N2O3. The topological polar surface area (TPSA) is 72.3 Å². The standard InChI is InChI=1S/C10H12N2O3/c1-5(2)8-11-7(10(13)14)6-3-4-15-9(6)12-8/h5H,3-4H2,1-2H3,(H,13,14). The highest BCUT2D eigenvalue weighted by molar-refractivity contribution is 5.87. The number of fused-ring (bicyclic) bond motifs is 1. The van der Waals surface area contributed by atoms with Crippen LogP contribution in [-0.2, 0) is 6.42 Å². The lowest BCUT2D eigenvalue weighted by Gasteiger charge is -2.07. The number of hydrogen-bond donors (Lipinski definition) is 1. The molecule has 0 aromatic carbocycles. The van der Waals surface area contributed by atoms with Gasteiger partial charge < -0.3 is 9.84 Å². The van der Waals surface area contributed by atoms with E-state index in [0.29, 0.717) is 30.3 Å². The molecule has 0 radical (unpaired) electrons.